The lowest BCUT2D eigenvalue weighted by molar-refractivity contribution is -0.119. The van der Waals surface area contributed by atoms with Crippen molar-refractivity contribution in [2.45, 2.75) is 39.5 Å². The van der Waals surface area contributed by atoms with Gasteiger partial charge in [-0.25, -0.2) is 13.8 Å². The van der Waals surface area contributed by atoms with Crippen LogP contribution in [-0.2, 0) is 14.8 Å². The molecule has 0 saturated heterocycles. The molecule has 0 aliphatic heterocycles. The minimum atomic E-state index is -4.01. The van der Waals surface area contributed by atoms with Crippen LogP contribution in [0.15, 0.2) is 87.3 Å². The summed E-state index contributed by atoms with van der Waals surface area (Å²) in [6.07, 6.45) is 1.57. The van der Waals surface area contributed by atoms with Crippen molar-refractivity contribution >= 4 is 43.8 Å². The smallest absolute Gasteiger partial charge is 0.264 e. The van der Waals surface area contributed by atoms with Gasteiger partial charge in [0, 0.05) is 27.1 Å². The number of aryl methyl sites for hydroxylation is 3. The van der Waals surface area contributed by atoms with E-state index < -0.39 is 22.5 Å². The molecule has 0 radical (unpaired) electrons. The average Bonchev–Trinajstić information content (AvgIpc) is 3.17. The molecule has 0 bridgehead atoms. The lowest BCUT2D eigenvalue weighted by Gasteiger charge is -2.26. The van der Waals surface area contributed by atoms with E-state index >= 15 is 0 Å². The molecule has 0 aliphatic rings. The van der Waals surface area contributed by atoms with Crippen LogP contribution in [0.2, 0.25) is 0 Å². The molecule has 0 fully saturated rings. The maximum absolute atomic E-state index is 13.7. The highest BCUT2D eigenvalue weighted by Gasteiger charge is 2.28. The summed E-state index contributed by atoms with van der Waals surface area (Å²) in [5.74, 6) is -0.552. The van der Waals surface area contributed by atoms with Gasteiger partial charge in [-0.3, -0.25) is 9.10 Å². The van der Waals surface area contributed by atoms with Crippen molar-refractivity contribution in [3.63, 3.8) is 0 Å². The highest BCUT2D eigenvalue weighted by molar-refractivity contribution is 9.10. The Morgan fingerprint density at radius 3 is 2.36 bits per heavy atom. The van der Waals surface area contributed by atoms with Crippen LogP contribution >= 0.6 is 15.9 Å². The Bertz CT molecular complexity index is 1660. The number of sulfonamides is 1. The van der Waals surface area contributed by atoms with Crippen molar-refractivity contribution in [3.8, 4) is 5.69 Å². The van der Waals surface area contributed by atoms with Gasteiger partial charge in [-0.2, -0.15) is 5.10 Å². The van der Waals surface area contributed by atoms with Gasteiger partial charge in [-0.15, -0.1) is 0 Å². The van der Waals surface area contributed by atoms with Crippen LogP contribution in [0.5, 0.6) is 0 Å². The highest BCUT2D eigenvalue weighted by atomic mass is 79.9. The molecule has 7 nitrogen and oxygen atoms in total. The molecule has 39 heavy (non-hydrogen) atoms. The molecule has 9 heteroatoms. The van der Waals surface area contributed by atoms with E-state index in [-0.39, 0.29) is 4.90 Å². The summed E-state index contributed by atoms with van der Waals surface area (Å²) in [5.41, 5.74) is 9.44. The number of hydrogen-bond acceptors (Lipinski definition) is 4. The van der Waals surface area contributed by atoms with Gasteiger partial charge in [0.25, 0.3) is 15.9 Å². The van der Waals surface area contributed by atoms with E-state index in [0.717, 1.165) is 48.1 Å². The number of nitrogens with zero attached hydrogens (tertiary/aromatic N) is 3. The molecule has 3 aromatic carbocycles. The first-order valence-electron chi connectivity index (χ1n) is 12.4. The SMILES string of the molecule is Cc1ccc(S(=O)(=O)N(CC(=O)N/N=C\c2cc(C)n(-c3cccc(Br)c3)c2C)c2cccc(C)c2C)cc1. The maximum atomic E-state index is 13.7. The molecule has 1 amide bonds. The van der Waals surface area contributed by atoms with E-state index in [1.165, 1.54) is 0 Å². The second-order valence-corrected chi connectivity index (χ2v) is 12.3. The Kier molecular flexibility index (Phi) is 8.42. The van der Waals surface area contributed by atoms with Crippen LogP contribution in [0.25, 0.3) is 5.69 Å². The van der Waals surface area contributed by atoms with Gasteiger partial charge >= 0.3 is 0 Å². The van der Waals surface area contributed by atoms with Crippen molar-refractivity contribution in [3.05, 3.63) is 111 Å². The number of nitrogens with one attached hydrogen (secondary N) is 1. The monoisotopic (exact) mass is 606 g/mol. The van der Waals surface area contributed by atoms with Crippen LogP contribution < -0.4 is 9.73 Å². The molecule has 202 valence electrons. The fourth-order valence-electron chi connectivity index (χ4n) is 4.41. The number of amides is 1. The standard InChI is InChI=1S/C30H31BrN4O3S/c1-20-12-14-28(15-13-20)39(37,38)34(29-11-6-8-21(2)23(29)4)19-30(36)33-32-18-25-16-22(3)35(24(25)5)27-10-7-9-26(31)17-27/h6-18H,19H2,1-5H3,(H,33,36)/b32-18-. The third-order valence-electron chi connectivity index (χ3n) is 6.67. The van der Waals surface area contributed by atoms with E-state index in [9.17, 15) is 13.2 Å². The normalized spacial score (nSPS) is 11.6. The van der Waals surface area contributed by atoms with E-state index in [1.807, 2.05) is 71.0 Å². The first-order chi connectivity index (χ1) is 18.5. The molecule has 1 aromatic heterocycles. The second kappa shape index (κ2) is 11.6. The second-order valence-electron chi connectivity index (χ2n) is 9.48. The minimum Gasteiger partial charge on any atom is -0.318 e. The lowest BCUT2D eigenvalue weighted by atomic mass is 10.1. The summed E-state index contributed by atoms with van der Waals surface area (Å²) in [7, 11) is -4.01. The van der Waals surface area contributed by atoms with Gasteiger partial charge in [0.05, 0.1) is 16.8 Å². The van der Waals surface area contributed by atoms with Gasteiger partial charge in [0.15, 0.2) is 0 Å². The predicted octanol–water partition coefficient (Wildman–Crippen LogP) is 6.13. The number of halogens is 1. The van der Waals surface area contributed by atoms with Crippen molar-refractivity contribution in [1.29, 1.82) is 0 Å². The number of anilines is 1. The van der Waals surface area contributed by atoms with Gasteiger partial charge in [0.1, 0.15) is 6.54 Å². The van der Waals surface area contributed by atoms with Crippen molar-refractivity contribution in [2.24, 2.45) is 5.10 Å². The lowest BCUT2D eigenvalue weighted by Crippen LogP contribution is -2.40. The first-order valence-corrected chi connectivity index (χ1v) is 14.6. The molecule has 0 aliphatic carbocycles. The summed E-state index contributed by atoms with van der Waals surface area (Å²) in [4.78, 5) is 13.1. The number of hydrogen-bond donors (Lipinski definition) is 1. The Labute approximate surface area is 238 Å². The van der Waals surface area contributed by atoms with E-state index in [1.54, 1.807) is 42.6 Å². The van der Waals surface area contributed by atoms with Crippen LogP contribution in [0.4, 0.5) is 5.69 Å². The fraction of sp³-hybridized carbons (Fsp3) is 0.200. The maximum Gasteiger partial charge on any atom is 0.264 e. The molecule has 1 heterocycles. The molecule has 0 atom stereocenters. The zero-order valence-corrected chi connectivity index (χ0v) is 25.0. The molecular weight excluding hydrogens is 576 g/mol. The van der Waals surface area contributed by atoms with E-state index in [0.29, 0.717) is 5.69 Å². The fourth-order valence-corrected chi connectivity index (χ4v) is 6.28. The highest BCUT2D eigenvalue weighted by Crippen LogP contribution is 2.29. The number of aromatic nitrogens is 1. The Morgan fingerprint density at radius 1 is 0.974 bits per heavy atom. The zero-order valence-electron chi connectivity index (χ0n) is 22.6. The first kappa shape index (κ1) is 28.3. The number of rotatable bonds is 8. The molecule has 0 unspecified atom stereocenters. The molecule has 0 spiro atoms. The molecule has 1 N–H and O–H groups in total. The van der Waals surface area contributed by atoms with Crippen LogP contribution in [0, 0.1) is 34.6 Å². The molecular formula is C30H31BrN4O3S. The summed E-state index contributed by atoms with van der Waals surface area (Å²) in [5, 5.41) is 4.15. The van der Waals surface area contributed by atoms with Gasteiger partial charge < -0.3 is 4.57 Å². The summed E-state index contributed by atoms with van der Waals surface area (Å²) in [6.45, 7) is 9.20. The largest absolute Gasteiger partial charge is 0.318 e. The Hall–Kier alpha value is -3.69. The van der Waals surface area contributed by atoms with Crippen LogP contribution in [-0.4, -0.2) is 31.7 Å². The average molecular weight is 608 g/mol. The Morgan fingerprint density at radius 2 is 1.67 bits per heavy atom. The summed E-state index contributed by atoms with van der Waals surface area (Å²) in [6, 6.07) is 22.0. The Balaban J connectivity index is 1.59. The quantitative estimate of drug-likeness (QED) is 0.193. The van der Waals surface area contributed by atoms with Gasteiger partial charge in [-0.1, -0.05) is 51.8 Å². The van der Waals surface area contributed by atoms with Crippen molar-refractivity contribution < 1.29 is 13.2 Å². The van der Waals surface area contributed by atoms with Gasteiger partial charge in [0.2, 0.25) is 0 Å². The van der Waals surface area contributed by atoms with Crippen molar-refractivity contribution in [2.75, 3.05) is 10.8 Å². The molecule has 4 rings (SSSR count). The zero-order chi connectivity index (χ0) is 28.3. The van der Waals surface area contributed by atoms with E-state index in [2.05, 4.69) is 31.0 Å². The number of carbonyl (C=O) groups is 1. The van der Waals surface area contributed by atoms with Crippen molar-refractivity contribution in [1.82, 2.24) is 9.99 Å². The number of hydrazone groups is 1. The summed E-state index contributed by atoms with van der Waals surface area (Å²) < 4.78 is 31.6. The molecule has 4 aromatic rings. The topological polar surface area (TPSA) is 83.8 Å². The predicted molar refractivity (Wildman–Crippen MR) is 160 cm³/mol. The van der Waals surface area contributed by atoms with Gasteiger partial charge in [-0.05, 0) is 88.2 Å². The summed E-state index contributed by atoms with van der Waals surface area (Å²) >= 11 is 3.52. The third kappa shape index (κ3) is 6.15. The third-order valence-corrected chi connectivity index (χ3v) is 8.94. The number of benzene rings is 3. The molecule has 0 saturated carbocycles. The van der Waals surface area contributed by atoms with E-state index in [4.69, 9.17) is 0 Å². The number of carbonyl (C=O) groups excluding carboxylic acids is 1. The van der Waals surface area contributed by atoms with Crippen LogP contribution in [0.1, 0.15) is 33.6 Å². The minimum absolute atomic E-state index is 0.116. The van der Waals surface area contributed by atoms with Crippen LogP contribution in [0.3, 0.4) is 0 Å².